The number of para-hydroxylation sites is 4. The van der Waals surface area contributed by atoms with Gasteiger partial charge in [0.25, 0.3) is 0 Å². The van der Waals surface area contributed by atoms with E-state index in [0.29, 0.717) is 0 Å². The molecule has 8 aromatic rings. The van der Waals surface area contributed by atoms with Gasteiger partial charge in [0, 0.05) is 11.4 Å². The van der Waals surface area contributed by atoms with Crippen LogP contribution in [0.3, 0.4) is 0 Å². The SMILES string of the molecule is c1ccc(-c2ccc(N3c4ccccc4N(c4ccc5c(c4)-c4ccccc4C54c5ccccc5-c5ccccc54)c4ccccc43)cc2)cc1. The zero-order valence-corrected chi connectivity index (χ0v) is 27.9. The van der Waals surface area contributed by atoms with E-state index in [9.17, 15) is 0 Å². The number of fused-ring (bicyclic) bond motifs is 12. The fourth-order valence-corrected chi connectivity index (χ4v) is 9.16. The van der Waals surface area contributed by atoms with Crippen LogP contribution >= 0.6 is 0 Å². The highest BCUT2D eigenvalue weighted by Gasteiger charge is 2.51. The van der Waals surface area contributed by atoms with Crippen molar-refractivity contribution in [2.45, 2.75) is 5.41 Å². The van der Waals surface area contributed by atoms with Gasteiger partial charge in [-0.3, -0.25) is 0 Å². The van der Waals surface area contributed by atoms with Crippen LogP contribution in [0.4, 0.5) is 34.1 Å². The molecule has 1 aliphatic heterocycles. The van der Waals surface area contributed by atoms with Crippen molar-refractivity contribution in [2.24, 2.45) is 0 Å². The summed E-state index contributed by atoms with van der Waals surface area (Å²) in [6.07, 6.45) is 0. The molecule has 0 saturated heterocycles. The first-order valence-corrected chi connectivity index (χ1v) is 17.7. The van der Waals surface area contributed by atoms with Crippen LogP contribution in [-0.2, 0) is 5.41 Å². The van der Waals surface area contributed by atoms with E-state index in [-0.39, 0.29) is 5.41 Å². The van der Waals surface area contributed by atoms with E-state index in [4.69, 9.17) is 0 Å². The summed E-state index contributed by atoms with van der Waals surface area (Å²) >= 11 is 0. The first-order valence-electron chi connectivity index (χ1n) is 17.7. The van der Waals surface area contributed by atoms with Gasteiger partial charge in [-0.05, 0) is 104 Å². The summed E-state index contributed by atoms with van der Waals surface area (Å²) in [6, 6.07) is 71.4. The number of hydrogen-bond acceptors (Lipinski definition) is 2. The molecule has 0 saturated carbocycles. The molecular weight excluding hydrogens is 617 g/mol. The molecule has 8 aromatic carbocycles. The predicted molar refractivity (Wildman–Crippen MR) is 211 cm³/mol. The molecule has 2 nitrogen and oxygen atoms in total. The Morgan fingerprint density at radius 3 is 1.18 bits per heavy atom. The highest BCUT2D eigenvalue weighted by molar-refractivity contribution is 6.03. The van der Waals surface area contributed by atoms with E-state index >= 15 is 0 Å². The van der Waals surface area contributed by atoms with Crippen LogP contribution in [0.15, 0.2) is 194 Å². The van der Waals surface area contributed by atoms with Gasteiger partial charge < -0.3 is 9.80 Å². The second-order valence-corrected chi connectivity index (χ2v) is 13.7. The number of rotatable bonds is 3. The molecule has 11 rings (SSSR count). The lowest BCUT2D eigenvalue weighted by molar-refractivity contribution is 0.794. The highest BCUT2D eigenvalue weighted by Crippen LogP contribution is 2.63. The van der Waals surface area contributed by atoms with Crippen molar-refractivity contribution in [1.29, 1.82) is 0 Å². The standard InChI is InChI=1S/C49H32N2/c1-2-14-33(15-3-1)34-26-28-35(29-27-34)50-45-22-10-12-24-47(45)51(48-25-13-11-23-46(48)50)36-30-31-44-40(32-36)39-18-6-9-21-43(39)49(44)41-19-7-4-16-37(41)38-17-5-8-20-42(38)49/h1-32H. The molecule has 0 unspecified atom stereocenters. The summed E-state index contributed by atoms with van der Waals surface area (Å²) in [5.74, 6) is 0. The summed E-state index contributed by atoms with van der Waals surface area (Å²) in [6.45, 7) is 0. The predicted octanol–water partition coefficient (Wildman–Crippen LogP) is 13.0. The lowest BCUT2D eigenvalue weighted by Gasteiger charge is -2.40. The summed E-state index contributed by atoms with van der Waals surface area (Å²) in [5.41, 5.74) is 19.7. The molecule has 3 aliphatic rings. The Hall–Kier alpha value is -6.64. The summed E-state index contributed by atoms with van der Waals surface area (Å²) < 4.78 is 0. The fourth-order valence-electron chi connectivity index (χ4n) is 9.16. The second kappa shape index (κ2) is 10.7. The Labute approximate surface area is 298 Å². The Bertz CT molecular complexity index is 2560. The summed E-state index contributed by atoms with van der Waals surface area (Å²) in [7, 11) is 0. The van der Waals surface area contributed by atoms with Crippen molar-refractivity contribution >= 4 is 34.1 Å². The van der Waals surface area contributed by atoms with Crippen molar-refractivity contribution in [3.8, 4) is 33.4 Å². The van der Waals surface area contributed by atoms with E-state index in [1.54, 1.807) is 0 Å². The van der Waals surface area contributed by atoms with Crippen molar-refractivity contribution < 1.29 is 0 Å². The van der Waals surface area contributed by atoms with Crippen LogP contribution in [0, 0.1) is 0 Å². The molecule has 0 aromatic heterocycles. The quantitative estimate of drug-likeness (QED) is 0.188. The largest absolute Gasteiger partial charge is 0.306 e. The van der Waals surface area contributed by atoms with Gasteiger partial charge in [-0.15, -0.1) is 0 Å². The van der Waals surface area contributed by atoms with Crippen molar-refractivity contribution in [3.63, 3.8) is 0 Å². The molecule has 238 valence electrons. The normalized spacial score (nSPS) is 14.0. The molecule has 51 heavy (non-hydrogen) atoms. The Kier molecular flexibility index (Phi) is 5.91. The van der Waals surface area contributed by atoms with Crippen molar-refractivity contribution in [3.05, 3.63) is 216 Å². The lowest BCUT2D eigenvalue weighted by atomic mass is 9.70. The van der Waals surface area contributed by atoms with Gasteiger partial charge in [0.15, 0.2) is 0 Å². The van der Waals surface area contributed by atoms with Crippen LogP contribution < -0.4 is 9.80 Å². The minimum atomic E-state index is -0.349. The summed E-state index contributed by atoms with van der Waals surface area (Å²) in [5, 5.41) is 0. The van der Waals surface area contributed by atoms with Gasteiger partial charge >= 0.3 is 0 Å². The van der Waals surface area contributed by atoms with Gasteiger partial charge in [-0.25, -0.2) is 0 Å². The zero-order chi connectivity index (χ0) is 33.5. The molecule has 1 heterocycles. The number of nitrogens with zero attached hydrogens (tertiary/aromatic N) is 2. The minimum Gasteiger partial charge on any atom is -0.306 e. The third-order valence-corrected chi connectivity index (χ3v) is 11.2. The van der Waals surface area contributed by atoms with Gasteiger partial charge in [0.2, 0.25) is 0 Å². The number of benzene rings is 8. The maximum atomic E-state index is 2.45. The highest BCUT2D eigenvalue weighted by atomic mass is 15.3. The van der Waals surface area contributed by atoms with Gasteiger partial charge in [-0.2, -0.15) is 0 Å². The van der Waals surface area contributed by atoms with Crippen LogP contribution in [0.2, 0.25) is 0 Å². The molecule has 1 spiro atoms. The maximum Gasteiger partial charge on any atom is 0.0725 e. The number of anilines is 6. The van der Waals surface area contributed by atoms with Gasteiger partial charge in [-0.1, -0.05) is 146 Å². The first kappa shape index (κ1) is 28.2. The van der Waals surface area contributed by atoms with Gasteiger partial charge in [0.1, 0.15) is 0 Å². The molecule has 0 fully saturated rings. The van der Waals surface area contributed by atoms with E-state index in [2.05, 4.69) is 204 Å². The Morgan fingerprint density at radius 1 is 0.275 bits per heavy atom. The Balaban J connectivity index is 1.09. The monoisotopic (exact) mass is 648 g/mol. The van der Waals surface area contributed by atoms with Crippen molar-refractivity contribution in [2.75, 3.05) is 9.80 Å². The maximum absolute atomic E-state index is 2.45. The molecule has 0 bridgehead atoms. The smallest absolute Gasteiger partial charge is 0.0725 e. The minimum absolute atomic E-state index is 0.349. The van der Waals surface area contributed by atoms with E-state index < -0.39 is 0 Å². The average molecular weight is 649 g/mol. The van der Waals surface area contributed by atoms with Crippen LogP contribution in [0.25, 0.3) is 33.4 Å². The molecule has 0 radical (unpaired) electrons. The molecular formula is C49H32N2. The summed E-state index contributed by atoms with van der Waals surface area (Å²) in [4.78, 5) is 4.85. The van der Waals surface area contributed by atoms with Crippen LogP contribution in [0.1, 0.15) is 22.3 Å². The molecule has 2 aliphatic carbocycles. The van der Waals surface area contributed by atoms with Gasteiger partial charge in [0.05, 0.1) is 28.2 Å². The zero-order valence-electron chi connectivity index (χ0n) is 27.9. The molecule has 0 N–H and O–H groups in total. The van der Waals surface area contributed by atoms with E-state index in [0.717, 1.165) is 34.1 Å². The average Bonchev–Trinajstić information content (AvgIpc) is 3.67. The third-order valence-electron chi connectivity index (χ3n) is 11.2. The van der Waals surface area contributed by atoms with E-state index in [1.165, 1.54) is 55.6 Å². The fraction of sp³-hybridized carbons (Fsp3) is 0.0204. The van der Waals surface area contributed by atoms with E-state index in [1.807, 2.05) is 0 Å². The molecule has 2 heteroatoms. The Morgan fingerprint density at radius 2 is 0.647 bits per heavy atom. The van der Waals surface area contributed by atoms with Crippen LogP contribution in [-0.4, -0.2) is 0 Å². The second-order valence-electron chi connectivity index (χ2n) is 13.7. The first-order chi connectivity index (χ1) is 25.3. The number of hydrogen-bond donors (Lipinski definition) is 0. The van der Waals surface area contributed by atoms with Crippen LogP contribution in [0.5, 0.6) is 0 Å². The van der Waals surface area contributed by atoms with Crippen molar-refractivity contribution in [1.82, 2.24) is 0 Å². The third kappa shape index (κ3) is 3.82. The lowest BCUT2D eigenvalue weighted by Crippen LogP contribution is -2.26. The molecule has 0 amide bonds. The molecule has 0 atom stereocenters. The topological polar surface area (TPSA) is 6.48 Å².